The Bertz CT molecular complexity index is 260. The molecule has 0 aromatic carbocycles. The van der Waals surface area contributed by atoms with Crippen LogP contribution in [-0.4, -0.2) is 15.4 Å². The largest absolute Gasteiger partial charge is 0.450 e. The van der Waals surface area contributed by atoms with Gasteiger partial charge in [-0.1, -0.05) is 41.4 Å². The summed E-state index contributed by atoms with van der Waals surface area (Å²) in [6.07, 6.45) is 0. The molecule has 0 N–H and O–H groups in total. The van der Waals surface area contributed by atoms with E-state index in [2.05, 4.69) is 4.74 Å². The van der Waals surface area contributed by atoms with Gasteiger partial charge in [-0.2, -0.15) is 4.39 Å². The number of hydrogen-bond donors (Lipinski definition) is 0. The molecule has 0 bridgehead atoms. The molecule has 0 fully saturated rings. The Hall–Kier alpha value is 0.01000. The van der Waals surface area contributed by atoms with Gasteiger partial charge in [-0.05, 0) is 13.8 Å². The monoisotopic (exact) mass is 249 g/mol. The lowest BCUT2D eigenvalue weighted by Crippen LogP contribution is -2.41. The molecule has 0 unspecified atom stereocenters. The van der Waals surface area contributed by atoms with Gasteiger partial charge >= 0.3 is 5.97 Å². The van der Waals surface area contributed by atoms with Crippen molar-refractivity contribution >= 4 is 40.8 Å². The van der Waals surface area contributed by atoms with Gasteiger partial charge in [0, 0.05) is 0 Å². The number of esters is 1. The van der Waals surface area contributed by atoms with Crippen LogP contribution >= 0.6 is 34.8 Å². The summed E-state index contributed by atoms with van der Waals surface area (Å²) in [6.45, 7) is 2.85. The third kappa shape index (κ3) is 3.71. The second kappa shape index (κ2) is 4.03. The fourth-order valence-electron chi connectivity index (χ4n) is 0.338. The van der Waals surface area contributed by atoms with E-state index >= 15 is 0 Å². The standard InChI is InChI=1S/C7H8Cl3FO2/c1-4(11)5(12)13-6(2,3)7(8,9)10/h1H2,2-3H3/i1D/b4-1-. The van der Waals surface area contributed by atoms with Gasteiger partial charge in [-0.15, -0.1) is 0 Å². The summed E-state index contributed by atoms with van der Waals surface area (Å²) in [6, 6.07) is 0. The number of rotatable bonds is 2. The van der Waals surface area contributed by atoms with Crippen molar-refractivity contribution in [3.8, 4) is 0 Å². The molecule has 76 valence electrons. The maximum Gasteiger partial charge on any atom is 0.367 e. The molecular weight excluding hydrogens is 241 g/mol. The first-order valence-corrected chi connectivity index (χ1v) is 4.29. The first kappa shape index (κ1) is 11.1. The lowest BCUT2D eigenvalue weighted by atomic mass is 10.2. The average Bonchev–Trinajstić information content (AvgIpc) is 2.00. The fraction of sp³-hybridized carbons (Fsp3) is 0.571. The van der Waals surface area contributed by atoms with E-state index in [-0.39, 0.29) is 6.55 Å². The molecule has 0 aliphatic rings. The van der Waals surface area contributed by atoms with Gasteiger partial charge in [0.2, 0.25) is 9.62 Å². The first-order valence-electron chi connectivity index (χ1n) is 3.73. The van der Waals surface area contributed by atoms with E-state index < -0.39 is 21.2 Å². The molecule has 6 heteroatoms. The van der Waals surface area contributed by atoms with E-state index in [1.165, 1.54) is 13.8 Å². The maximum atomic E-state index is 12.5. The third-order valence-corrected chi connectivity index (χ3v) is 2.59. The highest BCUT2D eigenvalue weighted by Gasteiger charge is 2.44. The van der Waals surface area contributed by atoms with Crippen molar-refractivity contribution in [2.45, 2.75) is 23.2 Å². The van der Waals surface area contributed by atoms with Crippen molar-refractivity contribution in [2.75, 3.05) is 0 Å². The number of carbonyl (C=O) groups is 1. The summed E-state index contributed by atoms with van der Waals surface area (Å²) in [5.74, 6) is -2.69. The van der Waals surface area contributed by atoms with Crippen LogP contribution in [0, 0.1) is 0 Å². The summed E-state index contributed by atoms with van der Waals surface area (Å²) in [5, 5.41) is 0. The zero-order valence-corrected chi connectivity index (χ0v) is 9.17. The first-order chi connectivity index (χ1) is 6.12. The summed E-state index contributed by atoms with van der Waals surface area (Å²) in [4.78, 5) is 10.9. The van der Waals surface area contributed by atoms with Gasteiger partial charge in [-0.25, -0.2) is 4.79 Å². The Morgan fingerprint density at radius 3 is 2.31 bits per heavy atom. The highest BCUT2D eigenvalue weighted by atomic mass is 35.6. The number of alkyl halides is 3. The van der Waals surface area contributed by atoms with Crippen LogP contribution in [0.3, 0.4) is 0 Å². The van der Waals surface area contributed by atoms with E-state index in [4.69, 9.17) is 36.2 Å². The van der Waals surface area contributed by atoms with Crippen molar-refractivity contribution in [1.82, 2.24) is 0 Å². The minimum atomic E-state index is -1.87. The molecule has 0 aliphatic carbocycles. The van der Waals surface area contributed by atoms with E-state index in [0.29, 0.717) is 0 Å². The zero-order valence-electron chi connectivity index (χ0n) is 7.91. The maximum absolute atomic E-state index is 12.5. The quantitative estimate of drug-likeness (QED) is 0.427. The van der Waals surface area contributed by atoms with Crippen LogP contribution in [0.1, 0.15) is 15.2 Å². The molecule has 0 amide bonds. The number of hydrogen-bond acceptors (Lipinski definition) is 2. The molecule has 0 heterocycles. The van der Waals surface area contributed by atoms with Crippen molar-refractivity contribution in [2.24, 2.45) is 0 Å². The summed E-state index contributed by atoms with van der Waals surface area (Å²) >= 11 is 16.4. The molecule has 0 rings (SSSR count). The fourth-order valence-corrected chi connectivity index (χ4v) is 0.454. The van der Waals surface area contributed by atoms with Gasteiger partial charge in [-0.3, -0.25) is 0 Å². The Kier molecular flexibility index (Phi) is 3.44. The highest BCUT2D eigenvalue weighted by Crippen LogP contribution is 2.40. The molecule has 0 aromatic heterocycles. The lowest BCUT2D eigenvalue weighted by Gasteiger charge is -2.31. The zero-order chi connectivity index (χ0) is 11.6. The Labute approximate surface area is 92.0 Å². The smallest absolute Gasteiger partial charge is 0.367 e. The predicted molar refractivity (Wildman–Crippen MR) is 50.7 cm³/mol. The summed E-state index contributed by atoms with van der Waals surface area (Å²) in [7, 11) is 0. The predicted octanol–water partition coefficient (Wildman–Crippen LogP) is 3.16. The molecule has 0 aromatic rings. The summed E-state index contributed by atoms with van der Waals surface area (Å²) < 4.78 is 21.7. The third-order valence-electron chi connectivity index (χ3n) is 1.23. The second-order valence-electron chi connectivity index (χ2n) is 2.75. The van der Waals surface area contributed by atoms with Gasteiger partial charge < -0.3 is 4.74 Å². The number of carbonyl (C=O) groups excluding carboxylic acids is 1. The molecular formula is C7H8Cl3FO2. The summed E-state index contributed by atoms with van der Waals surface area (Å²) in [5.41, 5.74) is -1.48. The molecule has 13 heavy (non-hydrogen) atoms. The lowest BCUT2D eigenvalue weighted by molar-refractivity contribution is -0.152. The average molecular weight is 251 g/mol. The Morgan fingerprint density at radius 1 is 1.54 bits per heavy atom. The van der Waals surface area contributed by atoms with Crippen molar-refractivity contribution in [1.29, 1.82) is 0 Å². The molecule has 0 saturated carbocycles. The van der Waals surface area contributed by atoms with Crippen molar-refractivity contribution in [3.05, 3.63) is 12.4 Å². The molecule has 0 radical (unpaired) electrons. The molecule has 2 nitrogen and oxygen atoms in total. The van der Waals surface area contributed by atoms with Gasteiger partial charge in [0.1, 0.15) is 0 Å². The van der Waals surface area contributed by atoms with E-state index in [0.717, 1.165) is 0 Å². The minimum Gasteiger partial charge on any atom is -0.450 e. The SMILES string of the molecule is [2H]/C=C(\F)C(=O)OC(C)(C)C(Cl)(Cl)Cl. The molecule has 0 saturated heterocycles. The van der Waals surface area contributed by atoms with Crippen LogP contribution in [0.15, 0.2) is 12.4 Å². The van der Waals surface area contributed by atoms with E-state index in [9.17, 15) is 9.18 Å². The van der Waals surface area contributed by atoms with Crippen LogP contribution in [0.25, 0.3) is 0 Å². The highest BCUT2D eigenvalue weighted by molar-refractivity contribution is 6.68. The topological polar surface area (TPSA) is 26.3 Å². The van der Waals surface area contributed by atoms with Crippen LogP contribution in [0.4, 0.5) is 4.39 Å². The molecule has 0 atom stereocenters. The van der Waals surface area contributed by atoms with Crippen LogP contribution in [-0.2, 0) is 9.53 Å². The molecule has 0 aliphatic heterocycles. The van der Waals surface area contributed by atoms with Gasteiger partial charge in [0.25, 0.3) is 0 Å². The van der Waals surface area contributed by atoms with Crippen LogP contribution < -0.4 is 0 Å². The van der Waals surface area contributed by atoms with Crippen molar-refractivity contribution in [3.63, 3.8) is 0 Å². The van der Waals surface area contributed by atoms with E-state index in [1.807, 2.05) is 0 Å². The normalized spacial score (nSPS) is 15.2. The minimum absolute atomic E-state index is 0.219. The van der Waals surface area contributed by atoms with Gasteiger partial charge in [0.05, 0.1) is 1.37 Å². The van der Waals surface area contributed by atoms with Crippen LogP contribution in [0.5, 0.6) is 0 Å². The van der Waals surface area contributed by atoms with Crippen LogP contribution in [0.2, 0.25) is 0 Å². The van der Waals surface area contributed by atoms with Crippen molar-refractivity contribution < 1.29 is 15.3 Å². The Morgan fingerprint density at radius 2 is 2.00 bits per heavy atom. The number of ether oxygens (including phenoxy) is 1. The number of halogens is 4. The Balaban J connectivity index is 4.62. The molecule has 0 spiro atoms. The second-order valence-corrected chi connectivity index (χ2v) is 5.03. The van der Waals surface area contributed by atoms with E-state index in [1.54, 1.807) is 0 Å². The van der Waals surface area contributed by atoms with Gasteiger partial charge in [0.15, 0.2) is 5.60 Å².